The Bertz CT molecular complexity index is 1500. The van der Waals surface area contributed by atoms with Crippen molar-refractivity contribution in [1.29, 1.82) is 0 Å². The number of benzene rings is 2. The molecule has 232 valence electrons. The maximum atomic E-state index is 13.1. The monoisotopic (exact) mass is 615 g/mol. The van der Waals surface area contributed by atoms with Crippen LogP contribution in [0.4, 0.5) is 15.3 Å². The van der Waals surface area contributed by atoms with Crippen molar-refractivity contribution in [2.24, 2.45) is 8.80 Å². The van der Waals surface area contributed by atoms with Gasteiger partial charge in [-0.15, -0.1) is 8.80 Å². The SMILES string of the molecule is Cc1cccc(NC(=O)NCCNC2=NS(=O)(=O)N=C2N[C@@H](Cc2ccc(OC(=O)N(C)C)cc2)C(=O)OC(C)(C)C)c1. The fourth-order valence-electron chi connectivity index (χ4n) is 3.66. The quantitative estimate of drug-likeness (QED) is 0.243. The van der Waals surface area contributed by atoms with Gasteiger partial charge in [0.2, 0.25) is 0 Å². The molecular formula is C28H37N7O7S. The van der Waals surface area contributed by atoms with Gasteiger partial charge in [-0.05, 0) is 63.1 Å². The molecule has 0 fully saturated rings. The second-order valence-corrected chi connectivity index (χ2v) is 12.1. The van der Waals surface area contributed by atoms with Crippen LogP contribution in [0.5, 0.6) is 5.75 Å². The van der Waals surface area contributed by atoms with Crippen LogP contribution in [-0.2, 0) is 26.2 Å². The van der Waals surface area contributed by atoms with Gasteiger partial charge in [0.05, 0.1) is 0 Å². The molecule has 14 nitrogen and oxygen atoms in total. The molecule has 0 radical (unpaired) electrons. The summed E-state index contributed by atoms with van der Waals surface area (Å²) in [6.45, 7) is 7.29. The van der Waals surface area contributed by atoms with Gasteiger partial charge in [0.15, 0.2) is 11.7 Å². The predicted octanol–water partition coefficient (Wildman–Crippen LogP) is 2.36. The van der Waals surface area contributed by atoms with Crippen LogP contribution >= 0.6 is 0 Å². The number of aryl methyl sites for hydroxylation is 1. The van der Waals surface area contributed by atoms with Gasteiger partial charge in [0, 0.05) is 39.3 Å². The molecule has 4 N–H and O–H groups in total. The second kappa shape index (κ2) is 14.0. The number of amides is 3. The summed E-state index contributed by atoms with van der Waals surface area (Å²) in [5, 5.41) is 11.1. The normalized spacial score (nSPS) is 14.5. The summed E-state index contributed by atoms with van der Waals surface area (Å²) in [5.41, 5.74) is 1.48. The van der Waals surface area contributed by atoms with Crippen LogP contribution in [0.25, 0.3) is 0 Å². The zero-order valence-corrected chi connectivity index (χ0v) is 25.7. The Hall–Kier alpha value is -4.66. The summed E-state index contributed by atoms with van der Waals surface area (Å²) in [7, 11) is -1.08. The molecule has 0 aromatic heterocycles. The third-order valence-corrected chi connectivity index (χ3v) is 6.38. The topological polar surface area (TPSA) is 180 Å². The van der Waals surface area contributed by atoms with Crippen molar-refractivity contribution in [1.82, 2.24) is 20.9 Å². The molecule has 1 atom stereocenters. The summed E-state index contributed by atoms with van der Waals surface area (Å²) >= 11 is 0. The summed E-state index contributed by atoms with van der Waals surface area (Å²) in [4.78, 5) is 38.4. The van der Waals surface area contributed by atoms with E-state index in [0.29, 0.717) is 17.0 Å². The van der Waals surface area contributed by atoms with E-state index in [1.54, 1.807) is 65.2 Å². The van der Waals surface area contributed by atoms with Crippen molar-refractivity contribution < 1.29 is 32.3 Å². The molecule has 0 saturated carbocycles. The molecule has 15 heteroatoms. The van der Waals surface area contributed by atoms with Crippen molar-refractivity contribution in [2.45, 2.75) is 45.8 Å². The number of rotatable bonds is 9. The molecule has 1 heterocycles. The van der Waals surface area contributed by atoms with Crippen molar-refractivity contribution in [2.75, 3.05) is 32.5 Å². The van der Waals surface area contributed by atoms with Crippen LogP contribution in [0.1, 0.15) is 31.9 Å². The van der Waals surface area contributed by atoms with E-state index in [4.69, 9.17) is 9.47 Å². The first-order valence-electron chi connectivity index (χ1n) is 13.4. The van der Waals surface area contributed by atoms with Crippen LogP contribution in [0.3, 0.4) is 0 Å². The van der Waals surface area contributed by atoms with Crippen molar-refractivity contribution in [3.63, 3.8) is 0 Å². The van der Waals surface area contributed by atoms with E-state index in [1.165, 1.54) is 4.90 Å². The number of anilines is 1. The molecule has 3 amide bonds. The minimum absolute atomic E-state index is 0.0872. The molecule has 0 spiro atoms. The highest BCUT2D eigenvalue weighted by Gasteiger charge is 2.31. The number of amidine groups is 2. The van der Waals surface area contributed by atoms with Gasteiger partial charge in [-0.2, -0.15) is 8.42 Å². The smallest absolute Gasteiger partial charge is 0.414 e. The third kappa shape index (κ3) is 10.9. The predicted molar refractivity (Wildman–Crippen MR) is 163 cm³/mol. The Balaban J connectivity index is 1.66. The Morgan fingerprint density at radius 1 is 0.977 bits per heavy atom. The lowest BCUT2D eigenvalue weighted by Gasteiger charge is -2.25. The van der Waals surface area contributed by atoms with Crippen molar-refractivity contribution in [3.8, 4) is 5.75 Å². The number of urea groups is 1. The average molecular weight is 616 g/mol. The van der Waals surface area contributed by atoms with E-state index in [0.717, 1.165) is 5.56 Å². The lowest BCUT2D eigenvalue weighted by Crippen LogP contribution is -2.50. The first-order valence-corrected chi connectivity index (χ1v) is 14.8. The standard InChI is InChI=1S/C28H37N7O7S/c1-18-8-7-9-20(16-18)31-26(37)30-15-14-29-23-24(34-43(39,40)33-23)32-22(25(36)42-28(2,3)4)17-19-10-12-21(13-11-19)41-27(38)35(5)6/h7-13,16,22H,14-15,17H2,1-6H3,(H,29,33)(H,32,34)(H2,30,31,37)/t22-/m0/s1. The molecular weight excluding hydrogens is 578 g/mol. The zero-order chi connectivity index (χ0) is 31.8. The zero-order valence-electron chi connectivity index (χ0n) is 24.9. The van der Waals surface area contributed by atoms with Crippen LogP contribution in [0.15, 0.2) is 57.3 Å². The summed E-state index contributed by atoms with van der Waals surface area (Å²) < 4.78 is 42.5. The van der Waals surface area contributed by atoms with Crippen molar-refractivity contribution >= 4 is 45.7 Å². The number of nitrogens with one attached hydrogen (secondary N) is 4. The maximum Gasteiger partial charge on any atom is 0.414 e. The summed E-state index contributed by atoms with van der Waals surface area (Å²) in [6, 6.07) is 12.3. The lowest BCUT2D eigenvalue weighted by molar-refractivity contribution is -0.157. The van der Waals surface area contributed by atoms with Gasteiger partial charge in [0.1, 0.15) is 17.4 Å². The lowest BCUT2D eigenvalue weighted by atomic mass is 10.0. The fraction of sp³-hybridized carbons (Fsp3) is 0.393. The molecule has 0 unspecified atom stereocenters. The Morgan fingerprint density at radius 3 is 2.28 bits per heavy atom. The Morgan fingerprint density at radius 2 is 1.65 bits per heavy atom. The maximum absolute atomic E-state index is 13.1. The molecule has 2 aromatic carbocycles. The van der Waals surface area contributed by atoms with E-state index < -0.39 is 39.9 Å². The third-order valence-electron chi connectivity index (χ3n) is 5.55. The van der Waals surface area contributed by atoms with Crippen LogP contribution in [0.2, 0.25) is 0 Å². The highest BCUT2D eigenvalue weighted by molar-refractivity contribution is 7.89. The minimum Gasteiger partial charge on any atom is -0.458 e. The summed E-state index contributed by atoms with van der Waals surface area (Å²) in [6.07, 6.45) is -0.452. The van der Waals surface area contributed by atoms with Crippen LogP contribution < -0.4 is 26.0 Å². The van der Waals surface area contributed by atoms with E-state index in [-0.39, 0.29) is 31.2 Å². The molecule has 43 heavy (non-hydrogen) atoms. The van der Waals surface area contributed by atoms with E-state index in [1.807, 2.05) is 25.1 Å². The molecule has 2 aromatic rings. The Labute approximate surface area is 251 Å². The minimum atomic E-state index is -4.20. The number of carbonyl (C=O) groups is 3. The molecule has 0 aliphatic carbocycles. The molecule has 3 rings (SSSR count). The first kappa shape index (κ1) is 32.8. The van der Waals surface area contributed by atoms with Gasteiger partial charge in [-0.1, -0.05) is 24.3 Å². The van der Waals surface area contributed by atoms with Gasteiger partial charge < -0.3 is 35.6 Å². The molecule has 0 saturated heterocycles. The van der Waals surface area contributed by atoms with Gasteiger partial charge in [0.25, 0.3) is 0 Å². The van der Waals surface area contributed by atoms with Crippen molar-refractivity contribution in [3.05, 3.63) is 59.7 Å². The van der Waals surface area contributed by atoms with Gasteiger partial charge in [-0.25, -0.2) is 14.4 Å². The number of ether oxygens (including phenoxy) is 2. The number of carbonyl (C=O) groups excluding carboxylic acids is 3. The molecule has 1 aliphatic rings. The fourth-order valence-corrected chi connectivity index (χ4v) is 4.45. The first-order chi connectivity index (χ1) is 20.1. The van der Waals surface area contributed by atoms with Gasteiger partial charge in [-0.3, -0.25) is 0 Å². The highest BCUT2D eigenvalue weighted by atomic mass is 32.2. The number of nitrogens with zero attached hydrogens (tertiary/aromatic N) is 3. The largest absolute Gasteiger partial charge is 0.458 e. The van der Waals surface area contributed by atoms with Crippen LogP contribution in [-0.4, -0.2) is 81.9 Å². The molecule has 0 bridgehead atoms. The average Bonchev–Trinajstić information content (AvgIpc) is 3.19. The summed E-state index contributed by atoms with van der Waals surface area (Å²) in [5.74, 6) is -0.608. The number of esters is 1. The van der Waals surface area contributed by atoms with E-state index >= 15 is 0 Å². The number of hydrogen-bond acceptors (Lipinski definition) is 9. The molecule has 1 aliphatic heterocycles. The second-order valence-electron chi connectivity index (χ2n) is 10.8. The van der Waals surface area contributed by atoms with Crippen LogP contribution in [0, 0.1) is 6.92 Å². The van der Waals surface area contributed by atoms with E-state index in [9.17, 15) is 22.8 Å². The van der Waals surface area contributed by atoms with E-state index in [2.05, 4.69) is 30.1 Å². The van der Waals surface area contributed by atoms with Gasteiger partial charge >= 0.3 is 28.3 Å². The highest BCUT2D eigenvalue weighted by Crippen LogP contribution is 2.17. The number of hydrogen-bond donors (Lipinski definition) is 4. The Kier molecular flexibility index (Phi) is 10.7.